The maximum Gasteiger partial charge on any atom is 0.264 e. The van der Waals surface area contributed by atoms with Crippen molar-refractivity contribution in [3.8, 4) is 5.75 Å². The lowest BCUT2D eigenvalue weighted by Gasteiger charge is -2.35. The van der Waals surface area contributed by atoms with Gasteiger partial charge in [-0.3, -0.25) is 13.9 Å². The number of carbonyl (C=O) groups excluding carboxylic acids is 2. The highest BCUT2D eigenvalue weighted by atomic mass is 32.2. The molecule has 1 N–H and O–H groups in total. The third kappa shape index (κ3) is 9.23. The molecule has 47 heavy (non-hydrogen) atoms. The minimum absolute atomic E-state index is 0.0407. The molecular weight excluding hydrogens is 611 g/mol. The van der Waals surface area contributed by atoms with Gasteiger partial charge >= 0.3 is 0 Å². The first-order valence-corrected chi connectivity index (χ1v) is 17.3. The molecule has 4 aromatic rings. The number of aryl methyl sites for hydroxylation is 2. The summed E-state index contributed by atoms with van der Waals surface area (Å²) in [6.45, 7) is 11.1. The van der Waals surface area contributed by atoms with Gasteiger partial charge in [0.05, 0.1) is 17.2 Å². The van der Waals surface area contributed by atoms with Crippen molar-refractivity contribution in [3.63, 3.8) is 0 Å². The lowest BCUT2D eigenvalue weighted by molar-refractivity contribution is -0.140. The number of para-hydroxylation sites is 2. The highest BCUT2D eigenvalue weighted by Gasteiger charge is 2.36. The second kappa shape index (κ2) is 15.3. The zero-order valence-corrected chi connectivity index (χ0v) is 28.9. The molecule has 0 radical (unpaired) electrons. The second-order valence-electron chi connectivity index (χ2n) is 12.6. The van der Waals surface area contributed by atoms with Crippen LogP contribution in [0, 0.1) is 13.8 Å². The Bertz CT molecular complexity index is 1770. The molecule has 8 nitrogen and oxygen atoms in total. The Morgan fingerprint density at radius 1 is 0.830 bits per heavy atom. The van der Waals surface area contributed by atoms with E-state index < -0.39 is 34.1 Å². The van der Waals surface area contributed by atoms with E-state index in [1.165, 1.54) is 17.0 Å². The zero-order chi connectivity index (χ0) is 34.2. The SMILES string of the molecule is CCOc1ccccc1N(CC(=O)N(Cc1ccccc1C)[C@@H](Cc1ccccc1)C(=O)NC(C)(C)C)S(=O)(=O)c1ccc(C)cc1. The molecular formula is C38H45N3O5S. The van der Waals surface area contributed by atoms with E-state index in [-0.39, 0.29) is 29.5 Å². The lowest BCUT2D eigenvalue weighted by atomic mass is 10.00. The lowest BCUT2D eigenvalue weighted by Crippen LogP contribution is -2.56. The van der Waals surface area contributed by atoms with Crippen LogP contribution in [0.4, 0.5) is 5.69 Å². The predicted octanol–water partition coefficient (Wildman–Crippen LogP) is 6.45. The normalized spacial score (nSPS) is 12.2. The third-order valence-corrected chi connectivity index (χ3v) is 9.47. The van der Waals surface area contributed by atoms with Crippen LogP contribution in [0.1, 0.15) is 49.9 Å². The minimum atomic E-state index is -4.25. The highest BCUT2D eigenvalue weighted by molar-refractivity contribution is 7.92. The van der Waals surface area contributed by atoms with E-state index in [0.717, 1.165) is 26.6 Å². The molecule has 2 amide bonds. The molecule has 0 heterocycles. The second-order valence-corrected chi connectivity index (χ2v) is 14.5. The molecule has 248 valence electrons. The quantitative estimate of drug-likeness (QED) is 0.179. The minimum Gasteiger partial charge on any atom is -0.492 e. The molecule has 0 spiro atoms. The van der Waals surface area contributed by atoms with Gasteiger partial charge in [-0.1, -0.05) is 84.4 Å². The number of rotatable bonds is 13. The molecule has 0 unspecified atom stereocenters. The molecule has 9 heteroatoms. The Kier molecular flexibility index (Phi) is 11.5. The van der Waals surface area contributed by atoms with Gasteiger partial charge in [0.15, 0.2) is 0 Å². The van der Waals surface area contributed by atoms with Gasteiger partial charge < -0.3 is 15.0 Å². The summed E-state index contributed by atoms with van der Waals surface area (Å²) in [6.07, 6.45) is 0.237. The van der Waals surface area contributed by atoms with E-state index >= 15 is 0 Å². The molecule has 0 fully saturated rings. The third-order valence-electron chi connectivity index (χ3n) is 7.69. The molecule has 0 saturated carbocycles. The number of ether oxygens (including phenoxy) is 1. The largest absolute Gasteiger partial charge is 0.492 e. The van der Waals surface area contributed by atoms with Crippen molar-refractivity contribution in [1.82, 2.24) is 10.2 Å². The number of nitrogens with zero attached hydrogens (tertiary/aromatic N) is 2. The first-order chi connectivity index (χ1) is 22.3. The van der Waals surface area contributed by atoms with E-state index in [9.17, 15) is 18.0 Å². The van der Waals surface area contributed by atoms with Crippen LogP contribution in [0.3, 0.4) is 0 Å². The van der Waals surface area contributed by atoms with E-state index in [4.69, 9.17) is 4.74 Å². The molecule has 0 bridgehead atoms. The highest BCUT2D eigenvalue weighted by Crippen LogP contribution is 2.33. The molecule has 0 aliphatic rings. The van der Waals surface area contributed by atoms with Gasteiger partial charge in [0.2, 0.25) is 11.8 Å². The summed E-state index contributed by atoms with van der Waals surface area (Å²) in [7, 11) is -4.25. The van der Waals surface area contributed by atoms with Gasteiger partial charge in [-0.2, -0.15) is 0 Å². The van der Waals surface area contributed by atoms with Crippen LogP contribution in [0.25, 0.3) is 0 Å². The maximum atomic E-state index is 14.7. The van der Waals surface area contributed by atoms with Gasteiger partial charge in [-0.05, 0) is 82.5 Å². The fourth-order valence-electron chi connectivity index (χ4n) is 5.27. The summed E-state index contributed by atoms with van der Waals surface area (Å²) in [4.78, 5) is 30.4. The van der Waals surface area contributed by atoms with Crippen LogP contribution in [0.5, 0.6) is 5.75 Å². The van der Waals surface area contributed by atoms with Gasteiger partial charge in [0.1, 0.15) is 18.3 Å². The van der Waals surface area contributed by atoms with Crippen LogP contribution in [-0.4, -0.2) is 49.9 Å². The smallest absolute Gasteiger partial charge is 0.264 e. The zero-order valence-electron chi connectivity index (χ0n) is 28.1. The molecule has 1 atom stereocenters. The summed E-state index contributed by atoms with van der Waals surface area (Å²) < 4.78 is 35.7. The first-order valence-electron chi connectivity index (χ1n) is 15.8. The average Bonchev–Trinajstić information content (AvgIpc) is 3.02. The number of nitrogens with one attached hydrogen (secondary N) is 1. The number of amides is 2. The Morgan fingerprint density at radius 2 is 1.45 bits per heavy atom. The van der Waals surface area contributed by atoms with Crippen molar-refractivity contribution in [3.05, 3.63) is 125 Å². The van der Waals surface area contributed by atoms with Crippen molar-refractivity contribution in [2.45, 2.75) is 71.0 Å². The van der Waals surface area contributed by atoms with Crippen LogP contribution in [0.15, 0.2) is 108 Å². The summed E-state index contributed by atoms with van der Waals surface area (Å²) in [6, 6.07) is 29.5. The predicted molar refractivity (Wildman–Crippen MR) is 187 cm³/mol. The van der Waals surface area contributed by atoms with Crippen molar-refractivity contribution in [2.24, 2.45) is 0 Å². The molecule has 0 aliphatic carbocycles. The van der Waals surface area contributed by atoms with Gasteiger partial charge in [-0.25, -0.2) is 8.42 Å². The molecule has 4 rings (SSSR count). The number of anilines is 1. The van der Waals surface area contributed by atoms with Crippen molar-refractivity contribution in [2.75, 3.05) is 17.5 Å². The monoisotopic (exact) mass is 655 g/mol. The fourth-order valence-corrected chi connectivity index (χ4v) is 6.69. The number of carbonyl (C=O) groups is 2. The van der Waals surface area contributed by atoms with Crippen LogP contribution >= 0.6 is 0 Å². The number of hydrogen-bond acceptors (Lipinski definition) is 5. The topological polar surface area (TPSA) is 96.0 Å². The molecule has 4 aromatic carbocycles. The summed E-state index contributed by atoms with van der Waals surface area (Å²) in [5.41, 5.74) is 3.24. The van der Waals surface area contributed by atoms with Crippen LogP contribution in [0.2, 0.25) is 0 Å². The van der Waals surface area contributed by atoms with E-state index in [0.29, 0.717) is 12.4 Å². The summed E-state index contributed by atoms with van der Waals surface area (Å²) >= 11 is 0. The first kappa shape index (κ1) is 35.2. The number of sulfonamides is 1. The van der Waals surface area contributed by atoms with Crippen molar-refractivity contribution >= 4 is 27.5 Å². The Balaban J connectivity index is 1.86. The van der Waals surface area contributed by atoms with Crippen molar-refractivity contribution in [1.29, 1.82) is 0 Å². The van der Waals surface area contributed by atoms with E-state index in [1.54, 1.807) is 36.4 Å². The standard InChI is InChI=1S/C38H45N3O5S/c1-7-46-35-20-14-13-19-33(35)41(47(44,45)32-23-21-28(2)22-24-32)27-36(42)40(26-31-18-12-11-15-29(31)3)34(37(43)39-38(4,5)6)25-30-16-9-8-10-17-30/h8-24,34H,7,25-27H2,1-6H3,(H,39,43)/t34-/m0/s1. The van der Waals surface area contributed by atoms with Gasteiger partial charge in [-0.15, -0.1) is 0 Å². The Labute approximate surface area is 279 Å². The molecule has 0 saturated heterocycles. The Morgan fingerprint density at radius 3 is 2.09 bits per heavy atom. The maximum absolute atomic E-state index is 14.7. The average molecular weight is 656 g/mol. The molecule has 0 aliphatic heterocycles. The number of benzene rings is 4. The summed E-state index contributed by atoms with van der Waals surface area (Å²) in [5, 5.41) is 3.06. The van der Waals surface area contributed by atoms with E-state index in [2.05, 4.69) is 5.32 Å². The van der Waals surface area contributed by atoms with Crippen LogP contribution in [-0.2, 0) is 32.6 Å². The summed E-state index contributed by atoms with van der Waals surface area (Å²) in [5.74, 6) is -0.526. The Hall–Kier alpha value is -4.63. The fraction of sp³-hybridized carbons (Fsp3) is 0.316. The molecule has 0 aromatic heterocycles. The van der Waals surface area contributed by atoms with Gasteiger partial charge in [0, 0.05) is 18.5 Å². The number of hydrogen-bond donors (Lipinski definition) is 1. The van der Waals surface area contributed by atoms with Crippen LogP contribution < -0.4 is 14.4 Å². The van der Waals surface area contributed by atoms with Gasteiger partial charge in [0.25, 0.3) is 10.0 Å². The van der Waals surface area contributed by atoms with E-state index in [1.807, 2.05) is 96.1 Å². The van der Waals surface area contributed by atoms with Crippen molar-refractivity contribution < 1.29 is 22.7 Å².